The number of hydrogen-bond donors (Lipinski definition) is 1. The second-order valence-electron chi connectivity index (χ2n) is 4.52. The third-order valence-corrected chi connectivity index (χ3v) is 3.84. The Bertz CT molecular complexity index is 286. The summed E-state index contributed by atoms with van der Waals surface area (Å²) in [6, 6.07) is 0. The van der Waals surface area contributed by atoms with E-state index in [-0.39, 0.29) is 0 Å². The van der Waals surface area contributed by atoms with Crippen LogP contribution in [0.25, 0.3) is 0 Å². The predicted octanol–water partition coefficient (Wildman–Crippen LogP) is 1.96. The molecule has 1 fully saturated rings. The molecular weight excluding hydrogens is 218 g/mol. The maximum Gasteiger partial charge on any atom is 0.107 e. The Hall–Kier alpha value is -0.450. The van der Waals surface area contributed by atoms with Crippen LogP contribution in [-0.4, -0.2) is 36.1 Å². The Labute approximate surface area is 102 Å². The standard InChI is InChI=1S/C12H21N3S/c1-2-4-13-8-11-3-6-15(9-11)10-12-14-5-7-16-12/h5,7,11,13H,2-4,6,8-10H2,1H3. The van der Waals surface area contributed by atoms with Gasteiger partial charge in [-0.2, -0.15) is 0 Å². The van der Waals surface area contributed by atoms with Crippen LogP contribution < -0.4 is 5.32 Å². The highest BCUT2D eigenvalue weighted by Crippen LogP contribution is 2.18. The quantitative estimate of drug-likeness (QED) is 0.769. The molecule has 0 bridgehead atoms. The van der Waals surface area contributed by atoms with E-state index in [0.717, 1.165) is 19.0 Å². The van der Waals surface area contributed by atoms with Crippen molar-refractivity contribution >= 4 is 11.3 Å². The zero-order valence-electron chi connectivity index (χ0n) is 9.98. The van der Waals surface area contributed by atoms with Crippen molar-refractivity contribution in [1.82, 2.24) is 15.2 Å². The largest absolute Gasteiger partial charge is 0.316 e. The van der Waals surface area contributed by atoms with E-state index in [2.05, 4.69) is 27.5 Å². The van der Waals surface area contributed by atoms with Gasteiger partial charge in [-0.3, -0.25) is 4.90 Å². The van der Waals surface area contributed by atoms with Gasteiger partial charge in [0.05, 0.1) is 6.54 Å². The molecule has 1 aliphatic heterocycles. The molecule has 0 radical (unpaired) electrons. The number of thiazole rings is 1. The first-order chi connectivity index (χ1) is 7.88. The van der Waals surface area contributed by atoms with E-state index in [4.69, 9.17) is 0 Å². The minimum atomic E-state index is 0.839. The fraction of sp³-hybridized carbons (Fsp3) is 0.750. The average Bonchev–Trinajstić information content (AvgIpc) is 2.91. The predicted molar refractivity (Wildman–Crippen MR) is 68.7 cm³/mol. The van der Waals surface area contributed by atoms with Crippen LogP contribution in [0, 0.1) is 5.92 Å². The van der Waals surface area contributed by atoms with Gasteiger partial charge in [-0.05, 0) is 38.4 Å². The molecule has 1 saturated heterocycles. The second kappa shape index (κ2) is 6.33. The Morgan fingerprint density at radius 3 is 3.31 bits per heavy atom. The maximum absolute atomic E-state index is 4.34. The summed E-state index contributed by atoms with van der Waals surface area (Å²) in [4.78, 5) is 6.87. The summed E-state index contributed by atoms with van der Waals surface area (Å²) in [6.07, 6.45) is 4.47. The monoisotopic (exact) mass is 239 g/mol. The number of nitrogens with zero attached hydrogens (tertiary/aromatic N) is 2. The van der Waals surface area contributed by atoms with Crippen LogP contribution in [0.1, 0.15) is 24.8 Å². The molecular formula is C12H21N3S. The Morgan fingerprint density at radius 1 is 1.62 bits per heavy atom. The molecule has 3 nitrogen and oxygen atoms in total. The SMILES string of the molecule is CCCNCC1CCN(Cc2nccs2)C1. The fourth-order valence-electron chi connectivity index (χ4n) is 2.23. The van der Waals surface area contributed by atoms with Gasteiger partial charge in [0.2, 0.25) is 0 Å². The van der Waals surface area contributed by atoms with Crippen LogP contribution in [0.5, 0.6) is 0 Å². The van der Waals surface area contributed by atoms with E-state index in [0.29, 0.717) is 0 Å². The smallest absolute Gasteiger partial charge is 0.107 e. The first-order valence-electron chi connectivity index (χ1n) is 6.20. The van der Waals surface area contributed by atoms with Gasteiger partial charge < -0.3 is 5.32 Å². The molecule has 1 unspecified atom stereocenters. The highest BCUT2D eigenvalue weighted by molar-refractivity contribution is 7.09. The van der Waals surface area contributed by atoms with Crippen LogP contribution >= 0.6 is 11.3 Å². The first-order valence-corrected chi connectivity index (χ1v) is 7.08. The molecule has 2 heterocycles. The van der Waals surface area contributed by atoms with Gasteiger partial charge in [0.15, 0.2) is 0 Å². The molecule has 4 heteroatoms. The van der Waals surface area contributed by atoms with Gasteiger partial charge in [0, 0.05) is 18.1 Å². The van der Waals surface area contributed by atoms with Gasteiger partial charge in [-0.25, -0.2) is 4.98 Å². The molecule has 16 heavy (non-hydrogen) atoms. The molecule has 0 aliphatic carbocycles. The summed E-state index contributed by atoms with van der Waals surface area (Å²) in [6.45, 7) is 8.07. The highest BCUT2D eigenvalue weighted by atomic mass is 32.1. The second-order valence-corrected chi connectivity index (χ2v) is 5.50. The summed E-state index contributed by atoms with van der Waals surface area (Å²) in [7, 11) is 0. The zero-order valence-corrected chi connectivity index (χ0v) is 10.8. The number of rotatable bonds is 6. The van der Waals surface area contributed by atoms with Crippen LogP contribution in [0.2, 0.25) is 0 Å². The van der Waals surface area contributed by atoms with Crippen molar-refractivity contribution in [3.8, 4) is 0 Å². The molecule has 1 N–H and O–H groups in total. The maximum atomic E-state index is 4.34. The van der Waals surface area contributed by atoms with Crippen LogP contribution in [-0.2, 0) is 6.54 Å². The number of aromatic nitrogens is 1. The van der Waals surface area contributed by atoms with Crippen molar-refractivity contribution in [1.29, 1.82) is 0 Å². The molecule has 1 aromatic heterocycles. The van der Waals surface area contributed by atoms with Crippen molar-refractivity contribution in [2.75, 3.05) is 26.2 Å². The third-order valence-electron chi connectivity index (χ3n) is 3.07. The van der Waals surface area contributed by atoms with Crippen LogP contribution in [0.3, 0.4) is 0 Å². The van der Waals surface area contributed by atoms with E-state index < -0.39 is 0 Å². The van der Waals surface area contributed by atoms with Gasteiger partial charge in [-0.15, -0.1) is 11.3 Å². The van der Waals surface area contributed by atoms with Crippen molar-refractivity contribution in [3.63, 3.8) is 0 Å². The molecule has 1 aromatic rings. The van der Waals surface area contributed by atoms with Crippen LogP contribution in [0.15, 0.2) is 11.6 Å². The summed E-state index contributed by atoms with van der Waals surface area (Å²) < 4.78 is 0. The zero-order chi connectivity index (χ0) is 11.2. The lowest BCUT2D eigenvalue weighted by molar-refractivity contribution is 0.314. The Kier molecular flexibility index (Phi) is 4.75. The number of hydrogen-bond acceptors (Lipinski definition) is 4. The Morgan fingerprint density at radius 2 is 2.56 bits per heavy atom. The van der Waals surface area contributed by atoms with Gasteiger partial charge in [0.25, 0.3) is 0 Å². The van der Waals surface area contributed by atoms with E-state index >= 15 is 0 Å². The summed E-state index contributed by atoms with van der Waals surface area (Å²) in [5.41, 5.74) is 0. The van der Waals surface area contributed by atoms with Crippen LogP contribution in [0.4, 0.5) is 0 Å². The van der Waals surface area contributed by atoms with Crippen molar-refractivity contribution in [3.05, 3.63) is 16.6 Å². The molecule has 1 aliphatic rings. The van der Waals surface area contributed by atoms with E-state index in [1.807, 2.05) is 6.20 Å². The molecule has 2 rings (SSSR count). The van der Waals surface area contributed by atoms with Crippen molar-refractivity contribution in [2.24, 2.45) is 5.92 Å². The van der Waals surface area contributed by atoms with Gasteiger partial charge >= 0.3 is 0 Å². The van der Waals surface area contributed by atoms with Gasteiger partial charge in [-0.1, -0.05) is 6.92 Å². The molecule has 1 atom stereocenters. The Balaban J connectivity index is 1.67. The molecule has 0 aromatic carbocycles. The first kappa shape index (κ1) is 12.0. The lowest BCUT2D eigenvalue weighted by atomic mass is 10.1. The van der Waals surface area contributed by atoms with E-state index in [9.17, 15) is 0 Å². The average molecular weight is 239 g/mol. The molecule has 90 valence electrons. The topological polar surface area (TPSA) is 28.2 Å². The van der Waals surface area contributed by atoms with Crippen molar-refractivity contribution in [2.45, 2.75) is 26.3 Å². The molecule has 0 saturated carbocycles. The minimum Gasteiger partial charge on any atom is -0.316 e. The summed E-state index contributed by atoms with van der Waals surface area (Å²) >= 11 is 1.76. The minimum absolute atomic E-state index is 0.839. The third kappa shape index (κ3) is 3.54. The molecule has 0 spiro atoms. The van der Waals surface area contributed by atoms with E-state index in [1.54, 1.807) is 11.3 Å². The summed E-state index contributed by atoms with van der Waals surface area (Å²) in [5.74, 6) is 0.839. The van der Waals surface area contributed by atoms with Gasteiger partial charge in [0.1, 0.15) is 5.01 Å². The highest BCUT2D eigenvalue weighted by Gasteiger charge is 2.22. The normalized spacial score (nSPS) is 21.7. The lowest BCUT2D eigenvalue weighted by Gasteiger charge is -2.14. The number of likely N-dealkylation sites (tertiary alicyclic amines) is 1. The number of nitrogens with one attached hydrogen (secondary N) is 1. The fourth-order valence-corrected chi connectivity index (χ4v) is 2.89. The summed E-state index contributed by atoms with van der Waals surface area (Å²) in [5, 5.41) is 6.83. The lowest BCUT2D eigenvalue weighted by Crippen LogP contribution is -2.26. The van der Waals surface area contributed by atoms with Crippen molar-refractivity contribution < 1.29 is 0 Å². The van der Waals surface area contributed by atoms with E-state index in [1.165, 1.54) is 37.5 Å². The molecule has 0 amide bonds.